The number of alkyl halides is 1. The maximum atomic E-state index is 3.39. The summed E-state index contributed by atoms with van der Waals surface area (Å²) in [5.74, 6) is 0.648. The molecular formula is C6H10Br2. The van der Waals surface area contributed by atoms with E-state index >= 15 is 0 Å². The molecule has 8 heavy (non-hydrogen) atoms. The predicted octanol–water partition coefficient (Wildman–Crippen LogP) is 3.32. The van der Waals surface area contributed by atoms with Crippen LogP contribution in [0.5, 0.6) is 0 Å². The molecule has 2 heteroatoms. The first-order valence-corrected chi connectivity index (χ1v) is 4.59. The Morgan fingerprint density at radius 1 is 1.75 bits per heavy atom. The summed E-state index contributed by atoms with van der Waals surface area (Å²) in [5.41, 5.74) is 1.38. The molecule has 0 spiro atoms. The second-order valence-corrected chi connectivity index (χ2v) is 3.01. The van der Waals surface area contributed by atoms with E-state index in [0.29, 0.717) is 5.92 Å². The zero-order valence-corrected chi connectivity index (χ0v) is 8.29. The first-order valence-electron chi connectivity index (χ1n) is 2.55. The van der Waals surface area contributed by atoms with Gasteiger partial charge in [0.2, 0.25) is 0 Å². The van der Waals surface area contributed by atoms with Crippen molar-refractivity contribution in [2.24, 2.45) is 5.92 Å². The molecule has 0 bridgehead atoms. The van der Waals surface area contributed by atoms with E-state index in [9.17, 15) is 0 Å². The highest BCUT2D eigenvalue weighted by molar-refractivity contribution is 9.11. The molecule has 0 aromatic heterocycles. The lowest BCUT2D eigenvalue weighted by atomic mass is 10.1. The lowest BCUT2D eigenvalue weighted by Gasteiger charge is -2.04. The van der Waals surface area contributed by atoms with Crippen LogP contribution < -0.4 is 0 Å². The van der Waals surface area contributed by atoms with Gasteiger partial charge >= 0.3 is 0 Å². The van der Waals surface area contributed by atoms with Gasteiger partial charge in [-0.3, -0.25) is 0 Å². The van der Waals surface area contributed by atoms with E-state index in [-0.39, 0.29) is 0 Å². The van der Waals surface area contributed by atoms with Crippen molar-refractivity contribution in [3.05, 3.63) is 10.6 Å². The second-order valence-electron chi connectivity index (χ2n) is 1.91. The Kier molecular flexibility index (Phi) is 4.97. The predicted molar refractivity (Wildman–Crippen MR) is 45.6 cm³/mol. The summed E-state index contributed by atoms with van der Waals surface area (Å²) >= 11 is 6.67. The van der Waals surface area contributed by atoms with Crippen LogP contribution >= 0.6 is 31.9 Å². The normalized spacial score (nSPS) is 16.2. The lowest BCUT2D eigenvalue weighted by molar-refractivity contribution is 0.792. The van der Waals surface area contributed by atoms with Gasteiger partial charge in [-0.25, -0.2) is 0 Å². The maximum Gasteiger partial charge on any atom is 0.00945 e. The van der Waals surface area contributed by atoms with Crippen LogP contribution in [0.2, 0.25) is 0 Å². The molecule has 0 saturated carbocycles. The maximum absolute atomic E-state index is 3.39. The van der Waals surface area contributed by atoms with Gasteiger partial charge in [0, 0.05) is 5.33 Å². The Hall–Kier alpha value is 0.700. The Morgan fingerprint density at radius 2 is 2.25 bits per heavy atom. The topological polar surface area (TPSA) is 0 Å². The smallest absolute Gasteiger partial charge is 0.00945 e. The van der Waals surface area contributed by atoms with E-state index < -0.39 is 0 Å². The van der Waals surface area contributed by atoms with E-state index in [0.717, 1.165) is 5.33 Å². The number of hydrogen-bond acceptors (Lipinski definition) is 0. The molecule has 0 nitrogen and oxygen atoms in total. The highest BCUT2D eigenvalue weighted by Crippen LogP contribution is 2.12. The summed E-state index contributed by atoms with van der Waals surface area (Å²) in [7, 11) is 0. The minimum Gasteiger partial charge on any atom is -0.0922 e. The molecule has 0 heterocycles. The standard InChI is InChI=1S/C6H10Br2/c1-5(3-7)6(2)4-8/h3,6H,4H2,1-2H3/b5-3+. The molecule has 0 aromatic carbocycles. The zero-order valence-electron chi connectivity index (χ0n) is 5.12. The van der Waals surface area contributed by atoms with Gasteiger partial charge in [-0.15, -0.1) is 0 Å². The van der Waals surface area contributed by atoms with E-state index in [2.05, 4.69) is 45.7 Å². The fourth-order valence-electron chi connectivity index (χ4n) is 0.229. The molecule has 0 aliphatic carbocycles. The summed E-state index contributed by atoms with van der Waals surface area (Å²) in [6, 6.07) is 0. The second kappa shape index (κ2) is 4.57. The van der Waals surface area contributed by atoms with E-state index in [1.807, 2.05) is 4.99 Å². The molecule has 1 unspecified atom stereocenters. The van der Waals surface area contributed by atoms with Crippen LogP contribution in [0.25, 0.3) is 0 Å². The summed E-state index contributed by atoms with van der Waals surface area (Å²) in [4.78, 5) is 1.97. The Balaban J connectivity index is 3.63. The molecule has 0 rings (SSSR count). The summed E-state index contributed by atoms with van der Waals surface area (Å²) < 4.78 is 0. The van der Waals surface area contributed by atoms with Crippen LogP contribution in [0.1, 0.15) is 13.8 Å². The average Bonchev–Trinajstić information content (AvgIpc) is 1.84. The highest BCUT2D eigenvalue weighted by Gasteiger charge is 1.98. The first kappa shape index (κ1) is 8.70. The molecule has 1 atom stereocenters. The Bertz CT molecular complexity index is 86.5. The fraction of sp³-hybridized carbons (Fsp3) is 0.667. The monoisotopic (exact) mass is 240 g/mol. The molecule has 0 N–H and O–H groups in total. The number of rotatable bonds is 2. The number of hydrogen-bond donors (Lipinski definition) is 0. The Labute approximate surface area is 67.6 Å². The molecule has 48 valence electrons. The van der Waals surface area contributed by atoms with Gasteiger partial charge in [0.15, 0.2) is 0 Å². The third-order valence-electron chi connectivity index (χ3n) is 1.18. The molecular weight excluding hydrogens is 232 g/mol. The van der Waals surface area contributed by atoms with Crippen molar-refractivity contribution in [3.63, 3.8) is 0 Å². The molecule has 0 aliphatic rings. The molecule has 0 saturated heterocycles. The molecule has 0 aliphatic heterocycles. The third kappa shape index (κ3) is 2.88. The zero-order chi connectivity index (χ0) is 6.57. The van der Waals surface area contributed by atoms with Crippen molar-refractivity contribution in [3.8, 4) is 0 Å². The largest absolute Gasteiger partial charge is 0.0922 e. The van der Waals surface area contributed by atoms with Gasteiger partial charge < -0.3 is 0 Å². The van der Waals surface area contributed by atoms with Crippen molar-refractivity contribution >= 4 is 31.9 Å². The fourth-order valence-corrected chi connectivity index (χ4v) is 1.19. The van der Waals surface area contributed by atoms with Gasteiger partial charge in [0.05, 0.1) is 0 Å². The van der Waals surface area contributed by atoms with Crippen LogP contribution in [-0.4, -0.2) is 5.33 Å². The van der Waals surface area contributed by atoms with Gasteiger partial charge in [-0.2, -0.15) is 0 Å². The van der Waals surface area contributed by atoms with E-state index in [1.165, 1.54) is 5.57 Å². The quantitative estimate of drug-likeness (QED) is 0.651. The van der Waals surface area contributed by atoms with Crippen molar-refractivity contribution in [2.45, 2.75) is 13.8 Å². The van der Waals surface area contributed by atoms with Crippen LogP contribution in [0, 0.1) is 5.92 Å². The first-order chi connectivity index (χ1) is 3.72. The minimum absolute atomic E-state index is 0.648. The van der Waals surface area contributed by atoms with Crippen molar-refractivity contribution in [1.29, 1.82) is 0 Å². The van der Waals surface area contributed by atoms with E-state index in [1.54, 1.807) is 0 Å². The molecule has 0 radical (unpaired) electrons. The van der Waals surface area contributed by atoms with E-state index in [4.69, 9.17) is 0 Å². The third-order valence-corrected chi connectivity index (χ3v) is 2.87. The average molecular weight is 242 g/mol. The van der Waals surface area contributed by atoms with Crippen molar-refractivity contribution in [2.75, 3.05) is 5.33 Å². The molecule has 0 aromatic rings. The van der Waals surface area contributed by atoms with Crippen molar-refractivity contribution < 1.29 is 0 Å². The summed E-state index contributed by atoms with van der Waals surface area (Å²) in [6.07, 6.45) is 0. The lowest BCUT2D eigenvalue weighted by Crippen LogP contribution is -1.95. The highest BCUT2D eigenvalue weighted by atomic mass is 79.9. The summed E-state index contributed by atoms with van der Waals surface area (Å²) in [6.45, 7) is 4.29. The van der Waals surface area contributed by atoms with Gasteiger partial charge in [-0.05, 0) is 17.8 Å². The Morgan fingerprint density at radius 3 is 2.38 bits per heavy atom. The van der Waals surface area contributed by atoms with Crippen LogP contribution in [0.15, 0.2) is 10.6 Å². The molecule has 0 amide bonds. The number of allylic oxidation sites excluding steroid dienone is 1. The van der Waals surface area contributed by atoms with Crippen LogP contribution in [-0.2, 0) is 0 Å². The van der Waals surface area contributed by atoms with Gasteiger partial charge in [-0.1, -0.05) is 44.4 Å². The SMILES string of the molecule is C/C(=C\Br)C(C)CBr. The minimum atomic E-state index is 0.648. The number of halogens is 2. The summed E-state index contributed by atoms with van der Waals surface area (Å²) in [5, 5.41) is 1.04. The van der Waals surface area contributed by atoms with Gasteiger partial charge in [0.25, 0.3) is 0 Å². The molecule has 0 fully saturated rings. The van der Waals surface area contributed by atoms with Gasteiger partial charge in [0.1, 0.15) is 0 Å². The van der Waals surface area contributed by atoms with Crippen molar-refractivity contribution in [1.82, 2.24) is 0 Å². The van der Waals surface area contributed by atoms with Crippen LogP contribution in [0.3, 0.4) is 0 Å². The van der Waals surface area contributed by atoms with Crippen LogP contribution in [0.4, 0.5) is 0 Å².